The third-order valence-corrected chi connectivity index (χ3v) is 6.91. The fourth-order valence-electron chi connectivity index (χ4n) is 5.28. The summed E-state index contributed by atoms with van der Waals surface area (Å²) in [5.74, 6) is -0.535. The van der Waals surface area contributed by atoms with Gasteiger partial charge in [-0.2, -0.15) is 0 Å². The number of likely N-dealkylation sites (N-methyl/N-ethyl adjacent to an activating group) is 1. The third kappa shape index (κ3) is 2.74. The summed E-state index contributed by atoms with van der Waals surface area (Å²) in [6, 6.07) is 15.4. The first-order valence-electron chi connectivity index (χ1n) is 10.6. The largest absolute Gasteiger partial charge is 0.337 e. The summed E-state index contributed by atoms with van der Waals surface area (Å²) < 4.78 is 0. The standard InChI is InChI=1S/C24H25N3O3/c1-26(20-12-6-9-16-7-2-4-10-18(16)20)21(28)15-27-22(29)24(25-23(27)30)14-13-17-8-3-5-11-19(17)24/h2-5,7-8,10-11,20H,6,9,12-15H2,1H3,(H,25,30)/t20-,24+/m0/s1. The first kappa shape index (κ1) is 18.9. The summed E-state index contributed by atoms with van der Waals surface area (Å²) in [6.45, 7) is -0.232. The molecule has 6 nitrogen and oxygen atoms in total. The number of imide groups is 1. The Morgan fingerprint density at radius 3 is 2.67 bits per heavy atom. The number of carbonyl (C=O) groups is 3. The van der Waals surface area contributed by atoms with E-state index in [1.54, 1.807) is 11.9 Å². The molecule has 1 spiro atoms. The topological polar surface area (TPSA) is 69.7 Å². The molecule has 1 aliphatic heterocycles. The maximum absolute atomic E-state index is 13.3. The lowest BCUT2D eigenvalue weighted by Gasteiger charge is -2.34. The van der Waals surface area contributed by atoms with Crippen molar-refractivity contribution in [2.75, 3.05) is 13.6 Å². The van der Waals surface area contributed by atoms with Gasteiger partial charge in [0.15, 0.2) is 0 Å². The van der Waals surface area contributed by atoms with Crippen molar-refractivity contribution in [1.82, 2.24) is 15.1 Å². The molecule has 5 rings (SSSR count). The molecule has 2 aliphatic carbocycles. The van der Waals surface area contributed by atoms with Crippen molar-refractivity contribution >= 4 is 17.8 Å². The minimum absolute atomic E-state index is 0.0237. The van der Waals surface area contributed by atoms with Gasteiger partial charge in [-0.1, -0.05) is 48.5 Å². The second-order valence-electron chi connectivity index (χ2n) is 8.50. The molecule has 1 fully saturated rings. The van der Waals surface area contributed by atoms with E-state index in [-0.39, 0.29) is 24.4 Å². The molecule has 1 saturated heterocycles. The summed E-state index contributed by atoms with van der Waals surface area (Å²) >= 11 is 0. The highest BCUT2D eigenvalue weighted by atomic mass is 16.2. The van der Waals surface area contributed by atoms with Crippen LogP contribution in [0.2, 0.25) is 0 Å². The summed E-state index contributed by atoms with van der Waals surface area (Å²) in [4.78, 5) is 41.9. The summed E-state index contributed by atoms with van der Waals surface area (Å²) in [5.41, 5.74) is 3.34. The SMILES string of the molecule is CN(C(=O)CN1C(=O)N[C@@]2(CCc3ccccc32)C1=O)[C@H]1CCCc2ccccc21. The molecule has 0 bridgehead atoms. The van der Waals surface area contributed by atoms with Gasteiger partial charge in [-0.3, -0.25) is 14.5 Å². The van der Waals surface area contributed by atoms with Crippen molar-refractivity contribution in [3.8, 4) is 0 Å². The van der Waals surface area contributed by atoms with Crippen LogP contribution in [0.5, 0.6) is 0 Å². The predicted octanol–water partition coefficient (Wildman–Crippen LogP) is 2.92. The highest BCUT2D eigenvalue weighted by molar-refractivity contribution is 6.09. The monoisotopic (exact) mass is 403 g/mol. The molecule has 2 atom stereocenters. The van der Waals surface area contributed by atoms with E-state index < -0.39 is 11.6 Å². The lowest BCUT2D eigenvalue weighted by molar-refractivity contribution is -0.139. The molecule has 6 heteroatoms. The number of rotatable bonds is 3. The van der Waals surface area contributed by atoms with Crippen molar-refractivity contribution in [1.29, 1.82) is 0 Å². The summed E-state index contributed by atoms with van der Waals surface area (Å²) in [7, 11) is 1.77. The quantitative estimate of drug-likeness (QED) is 0.801. The predicted molar refractivity (Wildman–Crippen MR) is 112 cm³/mol. The molecule has 2 aromatic carbocycles. The molecule has 1 N–H and O–H groups in total. The zero-order valence-corrected chi connectivity index (χ0v) is 17.1. The Bertz CT molecular complexity index is 1050. The lowest BCUT2D eigenvalue weighted by atomic mass is 9.87. The molecule has 0 unspecified atom stereocenters. The molecule has 4 amide bonds. The van der Waals surface area contributed by atoms with E-state index in [0.29, 0.717) is 6.42 Å². The Morgan fingerprint density at radius 1 is 1.10 bits per heavy atom. The van der Waals surface area contributed by atoms with Crippen LogP contribution in [-0.2, 0) is 28.0 Å². The fraction of sp³-hybridized carbons (Fsp3) is 0.375. The van der Waals surface area contributed by atoms with E-state index in [4.69, 9.17) is 0 Å². The Balaban J connectivity index is 1.36. The van der Waals surface area contributed by atoms with E-state index in [2.05, 4.69) is 17.4 Å². The number of nitrogens with zero attached hydrogens (tertiary/aromatic N) is 2. The van der Waals surface area contributed by atoms with Crippen LogP contribution >= 0.6 is 0 Å². The van der Waals surface area contributed by atoms with Crippen LogP contribution < -0.4 is 5.32 Å². The van der Waals surface area contributed by atoms with Crippen molar-refractivity contribution < 1.29 is 14.4 Å². The number of nitrogens with one attached hydrogen (secondary N) is 1. The van der Waals surface area contributed by atoms with Gasteiger partial charge in [-0.05, 0) is 54.4 Å². The molecule has 2 aromatic rings. The van der Waals surface area contributed by atoms with Crippen molar-refractivity contribution in [2.24, 2.45) is 0 Å². The van der Waals surface area contributed by atoms with Crippen molar-refractivity contribution in [3.63, 3.8) is 0 Å². The van der Waals surface area contributed by atoms with E-state index >= 15 is 0 Å². The van der Waals surface area contributed by atoms with Gasteiger partial charge in [0, 0.05) is 7.05 Å². The first-order chi connectivity index (χ1) is 14.5. The highest BCUT2D eigenvalue weighted by Crippen LogP contribution is 2.41. The number of urea groups is 1. The average Bonchev–Trinajstić information content (AvgIpc) is 3.26. The molecule has 30 heavy (non-hydrogen) atoms. The van der Waals surface area contributed by atoms with E-state index in [1.165, 1.54) is 5.56 Å². The van der Waals surface area contributed by atoms with E-state index in [1.807, 2.05) is 36.4 Å². The lowest BCUT2D eigenvalue weighted by Crippen LogP contribution is -2.45. The molecule has 0 radical (unpaired) electrons. The van der Waals surface area contributed by atoms with Gasteiger partial charge in [0.2, 0.25) is 5.91 Å². The third-order valence-electron chi connectivity index (χ3n) is 6.91. The van der Waals surface area contributed by atoms with E-state index in [0.717, 1.165) is 47.3 Å². The minimum atomic E-state index is -1.02. The highest BCUT2D eigenvalue weighted by Gasteiger charge is 2.55. The Hall–Kier alpha value is -3.15. The number of hydrogen-bond donors (Lipinski definition) is 1. The van der Waals surface area contributed by atoms with Crippen molar-refractivity contribution in [3.05, 3.63) is 70.8 Å². The second-order valence-corrected chi connectivity index (χ2v) is 8.50. The zero-order chi connectivity index (χ0) is 20.9. The Labute approximate surface area is 175 Å². The van der Waals surface area contributed by atoms with E-state index in [9.17, 15) is 14.4 Å². The maximum atomic E-state index is 13.3. The molecular weight excluding hydrogens is 378 g/mol. The molecule has 154 valence electrons. The van der Waals surface area contributed by atoms with Gasteiger partial charge in [0.1, 0.15) is 12.1 Å². The first-order valence-corrected chi connectivity index (χ1v) is 10.6. The number of fused-ring (bicyclic) bond motifs is 3. The minimum Gasteiger partial charge on any atom is -0.337 e. The zero-order valence-electron chi connectivity index (χ0n) is 17.1. The number of aryl methyl sites for hydroxylation is 2. The van der Waals surface area contributed by atoms with Crippen LogP contribution in [0.15, 0.2) is 48.5 Å². The number of benzene rings is 2. The van der Waals surface area contributed by atoms with Gasteiger partial charge >= 0.3 is 6.03 Å². The Kier molecular flexibility index (Phi) is 4.38. The molecule has 3 aliphatic rings. The fourth-order valence-corrected chi connectivity index (χ4v) is 5.28. The van der Waals surface area contributed by atoms with Crippen LogP contribution in [0.3, 0.4) is 0 Å². The number of hydrogen-bond acceptors (Lipinski definition) is 3. The van der Waals surface area contributed by atoms with Crippen molar-refractivity contribution in [2.45, 2.75) is 43.7 Å². The number of amides is 4. The van der Waals surface area contributed by atoms with Gasteiger partial charge in [-0.15, -0.1) is 0 Å². The summed E-state index contributed by atoms with van der Waals surface area (Å²) in [5, 5.41) is 2.89. The van der Waals surface area contributed by atoms with Gasteiger partial charge in [0.25, 0.3) is 5.91 Å². The van der Waals surface area contributed by atoms with Crippen LogP contribution in [0.1, 0.15) is 47.6 Å². The molecule has 0 aromatic heterocycles. The number of carbonyl (C=O) groups excluding carboxylic acids is 3. The normalized spacial score (nSPS) is 24.6. The van der Waals surface area contributed by atoms with Gasteiger partial charge in [0.05, 0.1) is 6.04 Å². The van der Waals surface area contributed by atoms with Crippen LogP contribution in [0.4, 0.5) is 4.79 Å². The second kappa shape index (κ2) is 6.97. The van der Waals surface area contributed by atoms with Gasteiger partial charge < -0.3 is 10.2 Å². The van der Waals surface area contributed by atoms with Gasteiger partial charge in [-0.25, -0.2) is 4.79 Å². The summed E-state index contributed by atoms with van der Waals surface area (Å²) in [6.07, 6.45) is 4.19. The average molecular weight is 403 g/mol. The molecule has 1 heterocycles. The molecule has 0 saturated carbocycles. The van der Waals surface area contributed by atoms with Crippen LogP contribution in [-0.4, -0.2) is 41.2 Å². The molecular formula is C24H25N3O3. The Morgan fingerprint density at radius 2 is 1.83 bits per heavy atom. The maximum Gasteiger partial charge on any atom is 0.325 e. The smallest absolute Gasteiger partial charge is 0.325 e. The van der Waals surface area contributed by atoms with Crippen LogP contribution in [0, 0.1) is 0 Å². The van der Waals surface area contributed by atoms with Crippen LogP contribution in [0.25, 0.3) is 0 Å².